The van der Waals surface area contributed by atoms with Gasteiger partial charge in [0.25, 0.3) is 5.70 Å². The Labute approximate surface area is 172 Å². The van der Waals surface area contributed by atoms with Crippen LogP contribution in [0.2, 0.25) is 5.02 Å². The number of halogens is 1. The van der Waals surface area contributed by atoms with Crippen molar-refractivity contribution in [2.24, 2.45) is 0 Å². The van der Waals surface area contributed by atoms with Crippen molar-refractivity contribution in [3.63, 3.8) is 0 Å². The van der Waals surface area contributed by atoms with E-state index in [-0.39, 0.29) is 12.4 Å². The highest BCUT2D eigenvalue weighted by Gasteiger charge is 2.25. The average Bonchev–Trinajstić information content (AvgIpc) is 3.20. The van der Waals surface area contributed by atoms with Gasteiger partial charge in [0.2, 0.25) is 5.76 Å². The summed E-state index contributed by atoms with van der Waals surface area (Å²) in [4.78, 5) is 1.03. The molecule has 0 spiro atoms. The summed E-state index contributed by atoms with van der Waals surface area (Å²) in [6.07, 6.45) is 3.50. The molecule has 2 aromatic heterocycles. The summed E-state index contributed by atoms with van der Waals surface area (Å²) >= 11 is 13.2. The SMILES string of the molecule is Cc1ccc(NC(=S)C(=C(O)c2cccs2)[n+]2cccc(CO)c2)cc1Cl. The zero-order valence-corrected chi connectivity index (χ0v) is 16.9. The Hall–Kier alpha value is -2.25. The van der Waals surface area contributed by atoms with Crippen LogP contribution in [0.1, 0.15) is 16.0 Å². The normalized spacial score (nSPS) is 11.8. The van der Waals surface area contributed by atoms with Crippen molar-refractivity contribution in [1.29, 1.82) is 0 Å². The van der Waals surface area contributed by atoms with Crippen LogP contribution in [0.3, 0.4) is 0 Å². The minimum atomic E-state index is -0.109. The lowest BCUT2D eigenvalue weighted by Crippen LogP contribution is -2.38. The molecule has 0 unspecified atom stereocenters. The van der Waals surface area contributed by atoms with Gasteiger partial charge in [0, 0.05) is 22.3 Å². The number of aliphatic hydroxyl groups is 2. The van der Waals surface area contributed by atoms with Crippen LogP contribution in [0.5, 0.6) is 0 Å². The molecular formula is C20H18ClN2O2S2+. The Kier molecular flexibility index (Phi) is 6.23. The van der Waals surface area contributed by atoms with E-state index in [4.69, 9.17) is 23.8 Å². The maximum absolute atomic E-state index is 10.9. The largest absolute Gasteiger partial charge is 0.501 e. The molecule has 0 amide bonds. The monoisotopic (exact) mass is 417 g/mol. The second kappa shape index (κ2) is 8.63. The smallest absolute Gasteiger partial charge is 0.289 e. The molecule has 7 heteroatoms. The molecule has 0 aliphatic carbocycles. The molecule has 0 atom stereocenters. The van der Waals surface area contributed by atoms with E-state index < -0.39 is 0 Å². The Morgan fingerprint density at radius 2 is 2.07 bits per heavy atom. The number of benzene rings is 1. The Morgan fingerprint density at radius 3 is 2.74 bits per heavy atom. The van der Waals surface area contributed by atoms with Gasteiger partial charge in [-0.05, 0) is 42.1 Å². The molecule has 2 heterocycles. The number of thiocarbonyl (C=S) groups is 1. The maximum Gasteiger partial charge on any atom is 0.289 e. The summed E-state index contributed by atoms with van der Waals surface area (Å²) in [5.74, 6) is 0.0563. The molecule has 0 aliphatic heterocycles. The van der Waals surface area contributed by atoms with Gasteiger partial charge in [-0.1, -0.05) is 36.0 Å². The van der Waals surface area contributed by atoms with E-state index in [2.05, 4.69) is 5.32 Å². The number of nitrogens with one attached hydrogen (secondary N) is 1. The van der Waals surface area contributed by atoms with Crippen LogP contribution in [0.4, 0.5) is 5.69 Å². The zero-order valence-electron chi connectivity index (χ0n) is 14.5. The van der Waals surface area contributed by atoms with Gasteiger partial charge < -0.3 is 15.5 Å². The standard InChI is InChI=1S/C20H17ClN2O2S2/c1-13-6-7-15(10-16(13)21)22-20(26)18(19(25)17-5-3-9-27-17)23-8-2-4-14(11-23)12-24/h2-11,24H,12H2,1H3,(H-,22,25,26)/p+1. The van der Waals surface area contributed by atoms with E-state index in [1.54, 1.807) is 35.2 Å². The van der Waals surface area contributed by atoms with E-state index in [9.17, 15) is 10.2 Å². The average molecular weight is 418 g/mol. The molecule has 138 valence electrons. The van der Waals surface area contributed by atoms with Crippen LogP contribution in [0.25, 0.3) is 11.5 Å². The van der Waals surface area contributed by atoms with Crippen LogP contribution in [0.15, 0.2) is 60.2 Å². The van der Waals surface area contributed by atoms with Crippen molar-refractivity contribution in [2.75, 3.05) is 5.32 Å². The number of pyridine rings is 1. The molecule has 0 saturated heterocycles. The molecule has 0 bridgehead atoms. The Balaban J connectivity index is 2.05. The predicted molar refractivity (Wildman–Crippen MR) is 115 cm³/mol. The fourth-order valence-electron chi connectivity index (χ4n) is 2.49. The predicted octanol–water partition coefficient (Wildman–Crippen LogP) is 4.81. The van der Waals surface area contributed by atoms with Gasteiger partial charge >= 0.3 is 0 Å². The number of aromatic nitrogens is 1. The molecule has 0 fully saturated rings. The third kappa shape index (κ3) is 4.54. The quantitative estimate of drug-likeness (QED) is 0.241. The number of thiophene rings is 1. The van der Waals surface area contributed by atoms with Gasteiger partial charge in [-0.2, -0.15) is 4.57 Å². The van der Waals surface area contributed by atoms with Gasteiger partial charge in [0.05, 0.1) is 11.5 Å². The van der Waals surface area contributed by atoms with Gasteiger partial charge in [0.15, 0.2) is 17.4 Å². The lowest BCUT2D eigenvalue weighted by molar-refractivity contribution is -0.576. The van der Waals surface area contributed by atoms with E-state index in [1.807, 2.05) is 36.6 Å². The highest BCUT2D eigenvalue weighted by Crippen LogP contribution is 2.24. The number of aryl methyl sites for hydroxylation is 1. The summed E-state index contributed by atoms with van der Waals surface area (Å²) in [5, 5.41) is 26.0. The van der Waals surface area contributed by atoms with E-state index in [0.717, 1.165) is 11.3 Å². The number of hydrogen-bond donors (Lipinski definition) is 3. The molecule has 0 aliphatic rings. The molecule has 27 heavy (non-hydrogen) atoms. The highest BCUT2D eigenvalue weighted by molar-refractivity contribution is 7.81. The third-order valence-electron chi connectivity index (χ3n) is 3.93. The number of nitrogens with zero attached hydrogens (tertiary/aromatic N) is 1. The number of anilines is 1. The Morgan fingerprint density at radius 1 is 1.26 bits per heavy atom. The van der Waals surface area contributed by atoms with Crippen LogP contribution in [-0.2, 0) is 6.61 Å². The summed E-state index contributed by atoms with van der Waals surface area (Å²) in [7, 11) is 0. The van der Waals surface area contributed by atoms with Crippen molar-refractivity contribution in [2.45, 2.75) is 13.5 Å². The molecule has 3 N–H and O–H groups in total. The second-order valence-electron chi connectivity index (χ2n) is 5.87. The summed E-state index contributed by atoms with van der Waals surface area (Å²) < 4.78 is 1.70. The number of hydrogen-bond acceptors (Lipinski definition) is 4. The van der Waals surface area contributed by atoms with E-state index >= 15 is 0 Å². The van der Waals surface area contributed by atoms with E-state index in [0.29, 0.717) is 26.1 Å². The minimum Gasteiger partial charge on any atom is -0.501 e. The number of aliphatic hydroxyl groups excluding tert-OH is 2. The van der Waals surface area contributed by atoms with Crippen molar-refractivity contribution in [1.82, 2.24) is 0 Å². The zero-order chi connectivity index (χ0) is 19.4. The Bertz CT molecular complexity index is 1000. The van der Waals surface area contributed by atoms with Crippen molar-refractivity contribution in [3.05, 3.63) is 81.3 Å². The molecule has 3 aromatic rings. The first kappa shape index (κ1) is 19.5. The first-order valence-electron chi connectivity index (χ1n) is 8.15. The molecule has 0 radical (unpaired) electrons. The lowest BCUT2D eigenvalue weighted by atomic mass is 10.2. The first-order chi connectivity index (χ1) is 13.0. The fourth-order valence-corrected chi connectivity index (χ4v) is 3.66. The van der Waals surface area contributed by atoms with Gasteiger partial charge in [-0.25, -0.2) is 0 Å². The van der Waals surface area contributed by atoms with Crippen molar-refractivity contribution < 1.29 is 14.8 Å². The highest BCUT2D eigenvalue weighted by atomic mass is 35.5. The molecule has 0 saturated carbocycles. The van der Waals surface area contributed by atoms with Crippen LogP contribution in [0, 0.1) is 6.92 Å². The first-order valence-corrected chi connectivity index (χ1v) is 9.82. The van der Waals surface area contributed by atoms with Gasteiger partial charge in [-0.15, -0.1) is 11.3 Å². The second-order valence-corrected chi connectivity index (χ2v) is 7.63. The minimum absolute atomic E-state index is 0.0563. The molecular weight excluding hydrogens is 400 g/mol. The van der Waals surface area contributed by atoms with Crippen LogP contribution >= 0.6 is 35.2 Å². The van der Waals surface area contributed by atoms with Crippen molar-refractivity contribution in [3.8, 4) is 0 Å². The maximum atomic E-state index is 10.9. The van der Waals surface area contributed by atoms with Gasteiger partial charge in [0.1, 0.15) is 0 Å². The third-order valence-corrected chi connectivity index (χ3v) is 5.51. The fraction of sp³-hybridized carbons (Fsp3) is 0.100. The van der Waals surface area contributed by atoms with Gasteiger partial charge in [-0.3, -0.25) is 0 Å². The summed E-state index contributed by atoms with van der Waals surface area (Å²) in [5.41, 5.74) is 2.82. The lowest BCUT2D eigenvalue weighted by Gasteiger charge is -2.11. The van der Waals surface area contributed by atoms with Crippen molar-refractivity contribution >= 4 is 57.3 Å². The molecule has 3 rings (SSSR count). The van der Waals surface area contributed by atoms with E-state index in [1.165, 1.54) is 11.3 Å². The van der Waals surface area contributed by atoms with Crippen LogP contribution in [-0.4, -0.2) is 15.2 Å². The summed E-state index contributed by atoms with van der Waals surface area (Å²) in [6.45, 7) is 1.82. The molecule has 4 nitrogen and oxygen atoms in total. The van der Waals surface area contributed by atoms with Crippen LogP contribution < -0.4 is 9.88 Å². The topological polar surface area (TPSA) is 56.4 Å². The molecule has 1 aromatic carbocycles. The number of rotatable bonds is 5. The summed E-state index contributed by atoms with van der Waals surface area (Å²) in [6, 6.07) is 12.8.